The van der Waals surface area contributed by atoms with E-state index in [1.54, 1.807) is 0 Å². The van der Waals surface area contributed by atoms with E-state index < -0.39 is 83.4 Å². The number of rotatable bonds is 2. The Morgan fingerprint density at radius 1 is 0.913 bits per heavy atom. The molecule has 4 unspecified atom stereocenters. The van der Waals surface area contributed by atoms with Gasteiger partial charge in [0.05, 0.1) is 30.4 Å². The summed E-state index contributed by atoms with van der Waals surface area (Å²) in [4.78, 5) is 56.0. The summed E-state index contributed by atoms with van der Waals surface area (Å²) in [5, 5.41) is 22.6. The van der Waals surface area contributed by atoms with Gasteiger partial charge in [0.1, 0.15) is 54.9 Å². The number of ether oxygens (including phenoxy) is 2. The second-order valence-corrected chi connectivity index (χ2v) is 13.3. The Kier molecular flexibility index (Phi) is 7.67. The molecule has 7 rings (SSSR count). The minimum Gasteiger partial charge on any atom is -0.387 e. The van der Waals surface area contributed by atoms with Gasteiger partial charge in [0, 0.05) is 18.0 Å². The Morgan fingerprint density at radius 3 is 2.39 bits per heavy atom. The summed E-state index contributed by atoms with van der Waals surface area (Å²) in [6.45, 7) is -1.65. The zero-order valence-corrected chi connectivity index (χ0v) is 24.8. The Labute approximate surface area is 255 Å². The predicted octanol–water partition coefficient (Wildman–Crippen LogP) is -1.60. The van der Waals surface area contributed by atoms with Crippen molar-refractivity contribution < 1.29 is 56.7 Å². The maximum Gasteiger partial charge on any atom is 0.472 e. The molecule has 0 spiro atoms. The van der Waals surface area contributed by atoms with Crippen LogP contribution in [-0.4, -0.2) is 104 Å². The Bertz CT molecular complexity index is 1980. The topological polar surface area (TPSA) is 325 Å². The van der Waals surface area contributed by atoms with E-state index in [0.29, 0.717) is 5.39 Å². The molecule has 3 fully saturated rings. The first-order valence-corrected chi connectivity index (χ1v) is 16.4. The first kappa shape index (κ1) is 31.1. The minimum absolute atomic E-state index is 0.0904. The molecule has 3 saturated heterocycles. The van der Waals surface area contributed by atoms with Crippen molar-refractivity contribution in [3.05, 3.63) is 41.0 Å². The number of phosphoric ester groups is 2. The molecule has 0 amide bonds. The molecule has 3 aliphatic rings. The van der Waals surface area contributed by atoms with E-state index in [9.17, 15) is 33.9 Å². The molecule has 10 atom stereocenters. The van der Waals surface area contributed by atoms with E-state index in [4.69, 9.17) is 39.0 Å². The number of aliphatic hydroxyl groups is 2. The number of nitrogens with zero attached hydrogens (tertiary/aromatic N) is 6. The van der Waals surface area contributed by atoms with Gasteiger partial charge in [-0.15, -0.1) is 0 Å². The summed E-state index contributed by atoms with van der Waals surface area (Å²) >= 11 is 0. The molecule has 3 aliphatic heterocycles. The number of nitrogens with one attached hydrogen (secondary N) is 1. The van der Waals surface area contributed by atoms with Gasteiger partial charge in [0.15, 0.2) is 17.4 Å². The zero-order chi connectivity index (χ0) is 32.5. The van der Waals surface area contributed by atoms with E-state index in [1.807, 2.05) is 0 Å². The van der Waals surface area contributed by atoms with Crippen molar-refractivity contribution in [3.8, 4) is 0 Å². The van der Waals surface area contributed by atoms with Crippen LogP contribution in [0.15, 0.2) is 29.8 Å². The fourth-order valence-electron chi connectivity index (χ4n) is 5.51. The normalized spacial score (nSPS) is 37.0. The number of hydrogen-bond acceptors (Lipinski definition) is 18. The third kappa shape index (κ3) is 5.47. The number of pyridine rings is 1. The van der Waals surface area contributed by atoms with Gasteiger partial charge in [-0.2, -0.15) is 4.98 Å². The summed E-state index contributed by atoms with van der Waals surface area (Å²) < 4.78 is 60.1. The van der Waals surface area contributed by atoms with Gasteiger partial charge >= 0.3 is 15.6 Å². The largest absolute Gasteiger partial charge is 0.472 e. The van der Waals surface area contributed by atoms with Crippen molar-refractivity contribution in [1.29, 1.82) is 0 Å². The average Bonchev–Trinajstić information content (AvgIpc) is 3.64. The van der Waals surface area contributed by atoms with E-state index in [-0.39, 0.29) is 34.0 Å². The van der Waals surface area contributed by atoms with Crippen LogP contribution in [0.25, 0.3) is 22.1 Å². The van der Waals surface area contributed by atoms with Gasteiger partial charge < -0.3 is 40.9 Å². The Balaban J connectivity index is 1.21. The van der Waals surface area contributed by atoms with E-state index in [2.05, 4.69) is 29.9 Å². The van der Waals surface area contributed by atoms with Crippen LogP contribution < -0.4 is 17.0 Å². The molecule has 4 aromatic heterocycles. The number of hydrogen-bond donors (Lipinski definition) is 7. The van der Waals surface area contributed by atoms with Crippen LogP contribution in [0, 0.1) is 0 Å². The highest BCUT2D eigenvalue weighted by molar-refractivity contribution is 7.47. The lowest BCUT2D eigenvalue weighted by molar-refractivity contribution is -0.0636. The van der Waals surface area contributed by atoms with E-state index in [1.165, 1.54) is 18.7 Å². The molecule has 2 bridgehead atoms. The summed E-state index contributed by atoms with van der Waals surface area (Å²) in [5.74, 6) is -0.193. The average molecular weight is 685 g/mol. The third-order valence-electron chi connectivity index (χ3n) is 7.60. The lowest BCUT2D eigenvalue weighted by Crippen LogP contribution is -2.36. The molecule has 0 saturated carbocycles. The lowest BCUT2D eigenvalue weighted by atomic mass is 10.0. The van der Waals surface area contributed by atoms with Crippen LogP contribution in [0.3, 0.4) is 0 Å². The highest BCUT2D eigenvalue weighted by Gasteiger charge is 2.54. The number of aliphatic hydroxyl groups excluding tert-OH is 2. The Morgan fingerprint density at radius 2 is 1.63 bits per heavy atom. The second-order valence-electron chi connectivity index (χ2n) is 10.5. The van der Waals surface area contributed by atoms with Gasteiger partial charge in [0.25, 0.3) is 5.56 Å². The molecule has 0 radical (unpaired) electrons. The van der Waals surface area contributed by atoms with Crippen molar-refractivity contribution in [2.45, 2.75) is 49.0 Å². The van der Waals surface area contributed by atoms with Crippen molar-refractivity contribution in [1.82, 2.24) is 34.5 Å². The van der Waals surface area contributed by atoms with Crippen LogP contribution in [0.1, 0.15) is 17.9 Å². The maximum absolute atomic E-state index is 13.2. The van der Waals surface area contributed by atoms with Crippen LogP contribution in [-0.2, 0) is 36.7 Å². The van der Waals surface area contributed by atoms with Gasteiger partial charge in [-0.25, -0.2) is 24.1 Å². The first-order chi connectivity index (χ1) is 21.8. The zero-order valence-electron chi connectivity index (χ0n) is 23.0. The van der Waals surface area contributed by atoms with Crippen molar-refractivity contribution in [3.63, 3.8) is 0 Å². The van der Waals surface area contributed by atoms with E-state index in [0.717, 1.165) is 10.9 Å². The number of anilines is 2. The SMILES string of the molecule is Nc1nc2c(ncn2[C@@H]2O[C@@H]3COP(=O)(O)O[C@@H]4C(O)[C@H](c5cncc6c(N)ncnc56)O[C@@H]4COP(=O)(O)O[C@H]2C3O)c(=O)[nH]1. The Hall–Kier alpha value is -3.50. The third-order valence-corrected chi connectivity index (χ3v) is 9.57. The number of fused-ring (bicyclic) bond motifs is 5. The van der Waals surface area contributed by atoms with Crippen LogP contribution in [0.5, 0.6) is 0 Å². The molecule has 7 heterocycles. The fourth-order valence-corrected chi connectivity index (χ4v) is 7.41. The van der Waals surface area contributed by atoms with Gasteiger partial charge in [-0.3, -0.25) is 37.4 Å². The number of aromatic nitrogens is 7. The number of aromatic amines is 1. The molecule has 46 heavy (non-hydrogen) atoms. The molecule has 246 valence electrons. The van der Waals surface area contributed by atoms with Crippen molar-refractivity contribution in [2.24, 2.45) is 0 Å². The van der Waals surface area contributed by atoms with Gasteiger partial charge in [0.2, 0.25) is 5.95 Å². The van der Waals surface area contributed by atoms with Crippen LogP contribution >= 0.6 is 15.6 Å². The molecule has 0 aliphatic carbocycles. The fraction of sp³-hybridized carbons (Fsp3) is 0.455. The quantitative estimate of drug-likeness (QED) is 0.117. The standard InChI is InChI=1S/C22H25N9O13P2/c23-18-8-2-25-1-7(11(8)26-5-27-18)15-14(33)16-10(41-15)4-40-46(37,38)44-17-13(32)9(3-39-45(35,36)43-16)42-21(17)31-6-28-12-19(31)29-22(24)30-20(12)34/h1-2,5-6,9-10,13-17,21,32-33H,3-4H2,(H,35,36)(H,37,38)(H2,23,26,27)(H3,24,29,30,34)/t9-,10-,13?,14?,15+,16+,17+,21-/m1/s1. The van der Waals surface area contributed by atoms with Gasteiger partial charge in [-0.1, -0.05) is 0 Å². The van der Waals surface area contributed by atoms with E-state index >= 15 is 0 Å². The number of phosphoric acid groups is 2. The van der Waals surface area contributed by atoms with Crippen molar-refractivity contribution >= 4 is 49.5 Å². The number of H-pyrrole nitrogens is 1. The van der Waals surface area contributed by atoms with Gasteiger partial charge in [-0.05, 0) is 0 Å². The monoisotopic (exact) mass is 685 g/mol. The summed E-state index contributed by atoms with van der Waals surface area (Å²) in [5.41, 5.74) is 11.0. The highest BCUT2D eigenvalue weighted by Crippen LogP contribution is 2.54. The summed E-state index contributed by atoms with van der Waals surface area (Å²) in [6, 6.07) is 0. The predicted molar refractivity (Wildman–Crippen MR) is 149 cm³/mol. The maximum atomic E-state index is 13.2. The molecule has 4 aromatic rings. The van der Waals surface area contributed by atoms with Crippen molar-refractivity contribution in [2.75, 3.05) is 24.7 Å². The lowest BCUT2D eigenvalue weighted by Gasteiger charge is -2.26. The smallest absolute Gasteiger partial charge is 0.387 e. The second kappa shape index (κ2) is 11.3. The van der Waals surface area contributed by atoms with Crippen LogP contribution in [0.2, 0.25) is 0 Å². The number of imidazole rings is 1. The summed E-state index contributed by atoms with van der Waals surface area (Å²) in [7, 11) is -10.2. The van der Waals surface area contributed by atoms with Crippen LogP contribution in [0.4, 0.5) is 11.8 Å². The molecule has 24 heteroatoms. The first-order valence-electron chi connectivity index (χ1n) is 13.4. The highest BCUT2D eigenvalue weighted by atomic mass is 31.2. The number of nitrogens with two attached hydrogens (primary N) is 2. The molecule has 22 nitrogen and oxygen atoms in total. The minimum atomic E-state index is -5.12. The summed E-state index contributed by atoms with van der Waals surface area (Å²) in [6.07, 6.45) is -7.60. The number of nitrogen functional groups attached to an aromatic ring is 2. The molecule has 0 aromatic carbocycles. The molecular weight excluding hydrogens is 660 g/mol. The molecule has 9 N–H and O–H groups in total. The molecular formula is C22H25N9O13P2.